The van der Waals surface area contributed by atoms with E-state index in [2.05, 4.69) is 19.2 Å². The first kappa shape index (κ1) is 14.9. The Kier molecular flexibility index (Phi) is 6.77. The minimum atomic E-state index is -0.434. The average Bonchev–Trinajstić information content (AvgIpc) is 2.16. The van der Waals surface area contributed by atoms with Gasteiger partial charge >= 0.3 is 0 Å². The normalized spacial score (nSPS) is 14.1. The van der Waals surface area contributed by atoms with Crippen molar-refractivity contribution >= 4 is 11.8 Å². The van der Waals surface area contributed by atoms with Crippen molar-refractivity contribution in [3.8, 4) is 0 Å². The molecule has 0 heterocycles. The SMILES string of the molecule is CCC[C@H](C)CC(=O)N[C@@H](C)C(=O)N(C)C. The van der Waals surface area contributed by atoms with Gasteiger partial charge in [-0.05, 0) is 12.8 Å². The number of hydrogen-bond donors (Lipinski definition) is 1. The molecule has 94 valence electrons. The van der Waals surface area contributed by atoms with Gasteiger partial charge < -0.3 is 10.2 Å². The molecule has 2 atom stereocenters. The molecule has 0 aromatic carbocycles. The van der Waals surface area contributed by atoms with E-state index in [1.807, 2.05) is 0 Å². The quantitative estimate of drug-likeness (QED) is 0.747. The number of likely N-dealkylation sites (N-methyl/N-ethyl adjacent to an activating group) is 1. The van der Waals surface area contributed by atoms with Crippen LogP contribution in [0.25, 0.3) is 0 Å². The van der Waals surface area contributed by atoms with Gasteiger partial charge in [-0.3, -0.25) is 9.59 Å². The van der Waals surface area contributed by atoms with Gasteiger partial charge in [-0.1, -0.05) is 26.7 Å². The molecular weight excluding hydrogens is 204 g/mol. The monoisotopic (exact) mass is 228 g/mol. The molecule has 0 radical (unpaired) electrons. The third-order valence-corrected chi connectivity index (χ3v) is 2.50. The Morgan fingerprint density at radius 1 is 1.25 bits per heavy atom. The summed E-state index contributed by atoms with van der Waals surface area (Å²) in [6.45, 7) is 5.87. The zero-order chi connectivity index (χ0) is 12.7. The van der Waals surface area contributed by atoms with Crippen LogP contribution in [0.3, 0.4) is 0 Å². The summed E-state index contributed by atoms with van der Waals surface area (Å²) in [4.78, 5) is 24.6. The lowest BCUT2D eigenvalue weighted by Gasteiger charge is -2.19. The number of nitrogens with zero attached hydrogens (tertiary/aromatic N) is 1. The molecule has 0 aliphatic heterocycles. The van der Waals surface area contributed by atoms with Crippen LogP contribution >= 0.6 is 0 Å². The van der Waals surface area contributed by atoms with Gasteiger partial charge in [0.05, 0.1) is 0 Å². The van der Waals surface area contributed by atoms with Gasteiger partial charge in [0.2, 0.25) is 11.8 Å². The van der Waals surface area contributed by atoms with Crippen LogP contribution in [0.5, 0.6) is 0 Å². The Morgan fingerprint density at radius 3 is 2.25 bits per heavy atom. The number of rotatable bonds is 6. The Labute approximate surface area is 98.4 Å². The van der Waals surface area contributed by atoms with Crippen LogP contribution in [0.15, 0.2) is 0 Å². The standard InChI is InChI=1S/C12H24N2O2/c1-6-7-9(2)8-11(15)13-10(3)12(16)14(4)5/h9-10H,6-8H2,1-5H3,(H,13,15)/t9-,10-/m0/s1. The summed E-state index contributed by atoms with van der Waals surface area (Å²) in [7, 11) is 3.37. The van der Waals surface area contributed by atoms with Crippen molar-refractivity contribution in [3.63, 3.8) is 0 Å². The summed E-state index contributed by atoms with van der Waals surface area (Å²) in [5, 5.41) is 2.72. The Hall–Kier alpha value is -1.06. The van der Waals surface area contributed by atoms with E-state index in [0.717, 1.165) is 12.8 Å². The first-order chi connectivity index (χ1) is 7.38. The molecule has 0 spiro atoms. The van der Waals surface area contributed by atoms with E-state index in [1.54, 1.807) is 21.0 Å². The van der Waals surface area contributed by atoms with Gasteiger partial charge in [-0.25, -0.2) is 0 Å². The predicted octanol–water partition coefficient (Wildman–Crippen LogP) is 1.41. The third-order valence-electron chi connectivity index (χ3n) is 2.50. The molecule has 4 nitrogen and oxygen atoms in total. The van der Waals surface area contributed by atoms with Crippen molar-refractivity contribution in [2.24, 2.45) is 5.92 Å². The molecule has 0 aliphatic carbocycles. The van der Waals surface area contributed by atoms with Crippen molar-refractivity contribution in [1.82, 2.24) is 10.2 Å². The van der Waals surface area contributed by atoms with Gasteiger partial charge in [0, 0.05) is 20.5 Å². The van der Waals surface area contributed by atoms with Crippen molar-refractivity contribution < 1.29 is 9.59 Å². The zero-order valence-corrected chi connectivity index (χ0v) is 11.0. The Morgan fingerprint density at radius 2 is 1.81 bits per heavy atom. The Bertz CT molecular complexity index is 239. The highest BCUT2D eigenvalue weighted by molar-refractivity contribution is 5.87. The van der Waals surface area contributed by atoms with E-state index >= 15 is 0 Å². The molecule has 16 heavy (non-hydrogen) atoms. The second-order valence-corrected chi connectivity index (χ2v) is 4.62. The first-order valence-electron chi connectivity index (χ1n) is 5.89. The molecule has 0 aliphatic rings. The summed E-state index contributed by atoms with van der Waals surface area (Å²) in [6.07, 6.45) is 2.63. The van der Waals surface area contributed by atoms with Crippen molar-refractivity contribution in [2.45, 2.75) is 46.1 Å². The second-order valence-electron chi connectivity index (χ2n) is 4.62. The molecule has 2 amide bonds. The van der Waals surface area contributed by atoms with Gasteiger partial charge in [-0.2, -0.15) is 0 Å². The molecule has 0 saturated heterocycles. The number of carbonyl (C=O) groups is 2. The largest absolute Gasteiger partial charge is 0.347 e. The highest BCUT2D eigenvalue weighted by atomic mass is 16.2. The van der Waals surface area contributed by atoms with Crippen LogP contribution in [0.2, 0.25) is 0 Å². The number of nitrogens with one attached hydrogen (secondary N) is 1. The molecule has 0 unspecified atom stereocenters. The number of carbonyl (C=O) groups excluding carboxylic acids is 2. The number of amides is 2. The van der Waals surface area contributed by atoms with E-state index < -0.39 is 6.04 Å². The van der Waals surface area contributed by atoms with Crippen LogP contribution < -0.4 is 5.32 Å². The van der Waals surface area contributed by atoms with E-state index in [1.165, 1.54) is 4.90 Å². The van der Waals surface area contributed by atoms with E-state index in [9.17, 15) is 9.59 Å². The average molecular weight is 228 g/mol. The summed E-state index contributed by atoms with van der Waals surface area (Å²) < 4.78 is 0. The maximum Gasteiger partial charge on any atom is 0.244 e. The van der Waals surface area contributed by atoms with E-state index in [-0.39, 0.29) is 11.8 Å². The molecular formula is C12H24N2O2. The maximum atomic E-state index is 11.6. The van der Waals surface area contributed by atoms with E-state index in [4.69, 9.17) is 0 Å². The van der Waals surface area contributed by atoms with Crippen LogP contribution in [0, 0.1) is 5.92 Å². The van der Waals surface area contributed by atoms with Crippen LogP contribution in [0.1, 0.15) is 40.0 Å². The topological polar surface area (TPSA) is 49.4 Å². The van der Waals surface area contributed by atoms with Crippen molar-refractivity contribution in [1.29, 1.82) is 0 Å². The molecule has 0 bridgehead atoms. The first-order valence-corrected chi connectivity index (χ1v) is 5.89. The van der Waals surface area contributed by atoms with Gasteiger partial charge in [-0.15, -0.1) is 0 Å². The summed E-state index contributed by atoms with van der Waals surface area (Å²) in [5.41, 5.74) is 0. The molecule has 0 saturated carbocycles. The summed E-state index contributed by atoms with van der Waals surface area (Å²) >= 11 is 0. The highest BCUT2D eigenvalue weighted by Gasteiger charge is 2.17. The van der Waals surface area contributed by atoms with Crippen LogP contribution in [0.4, 0.5) is 0 Å². The fourth-order valence-electron chi connectivity index (χ4n) is 1.66. The minimum absolute atomic E-state index is 0.0383. The third kappa shape index (κ3) is 5.73. The summed E-state index contributed by atoms with van der Waals surface area (Å²) in [6, 6.07) is -0.434. The van der Waals surface area contributed by atoms with Gasteiger partial charge in [0.1, 0.15) is 6.04 Å². The minimum Gasteiger partial charge on any atom is -0.347 e. The molecule has 0 rings (SSSR count). The summed E-state index contributed by atoms with van der Waals surface area (Å²) in [5.74, 6) is 0.270. The number of hydrogen-bond acceptors (Lipinski definition) is 2. The lowest BCUT2D eigenvalue weighted by atomic mass is 10.0. The molecule has 1 N–H and O–H groups in total. The molecule has 0 fully saturated rings. The maximum absolute atomic E-state index is 11.6. The fraction of sp³-hybridized carbons (Fsp3) is 0.833. The van der Waals surface area contributed by atoms with E-state index in [0.29, 0.717) is 12.3 Å². The zero-order valence-electron chi connectivity index (χ0n) is 11.0. The van der Waals surface area contributed by atoms with Gasteiger partial charge in [0.25, 0.3) is 0 Å². The van der Waals surface area contributed by atoms with Crippen LogP contribution in [-0.2, 0) is 9.59 Å². The highest BCUT2D eigenvalue weighted by Crippen LogP contribution is 2.09. The lowest BCUT2D eigenvalue weighted by molar-refractivity contribution is -0.134. The molecule has 0 aromatic rings. The van der Waals surface area contributed by atoms with Gasteiger partial charge in [0.15, 0.2) is 0 Å². The van der Waals surface area contributed by atoms with Crippen molar-refractivity contribution in [3.05, 3.63) is 0 Å². The Balaban J connectivity index is 4.00. The molecule has 0 aromatic heterocycles. The predicted molar refractivity (Wildman–Crippen MR) is 65.0 cm³/mol. The van der Waals surface area contributed by atoms with Crippen molar-refractivity contribution in [2.75, 3.05) is 14.1 Å². The smallest absolute Gasteiger partial charge is 0.244 e. The second kappa shape index (κ2) is 7.25. The lowest BCUT2D eigenvalue weighted by Crippen LogP contribution is -2.44. The van der Waals surface area contributed by atoms with Crippen LogP contribution in [-0.4, -0.2) is 36.9 Å². The molecule has 4 heteroatoms. The fourth-order valence-corrected chi connectivity index (χ4v) is 1.66.